The molecular weight excluding hydrogens is 306 g/mol. The van der Waals surface area contributed by atoms with Crippen LogP contribution in [-0.2, 0) is 4.79 Å². The van der Waals surface area contributed by atoms with Crippen LogP contribution in [0, 0.1) is 13.8 Å². The Labute approximate surface area is 142 Å². The van der Waals surface area contributed by atoms with Crippen molar-refractivity contribution in [1.29, 1.82) is 0 Å². The highest BCUT2D eigenvalue weighted by Crippen LogP contribution is 2.44. The molecular formula is C18H25N3OS. The number of carbonyl (C=O) groups is 1. The third-order valence-electron chi connectivity index (χ3n) is 4.81. The van der Waals surface area contributed by atoms with E-state index in [0.717, 1.165) is 19.6 Å². The number of hydrogen-bond acceptors (Lipinski definition) is 4. The molecule has 0 saturated heterocycles. The van der Waals surface area contributed by atoms with E-state index in [-0.39, 0.29) is 11.3 Å². The predicted octanol–water partition coefficient (Wildman–Crippen LogP) is 2.64. The standard InChI is InChI=1S/C18H25N3OS/c1-5-20(4)11-17(22)21-9-15-16(10-21)23-18(19-15)14-8-6-7-12(2)13(14)3/h6-8,18-19H,5,9-11H2,1-4H3. The number of rotatable bonds is 4. The molecule has 1 amide bonds. The van der Waals surface area contributed by atoms with Crippen molar-refractivity contribution < 1.29 is 4.79 Å². The molecule has 124 valence electrons. The van der Waals surface area contributed by atoms with Crippen LogP contribution in [0.2, 0.25) is 0 Å². The minimum Gasteiger partial charge on any atom is -0.370 e. The second kappa shape index (κ2) is 6.57. The zero-order valence-corrected chi connectivity index (χ0v) is 15.2. The minimum atomic E-state index is 0.217. The van der Waals surface area contributed by atoms with Gasteiger partial charge in [0.1, 0.15) is 5.37 Å². The molecule has 1 aromatic rings. The number of nitrogens with zero attached hydrogens (tertiary/aromatic N) is 2. The monoisotopic (exact) mass is 331 g/mol. The lowest BCUT2D eigenvalue weighted by molar-refractivity contribution is -0.130. The Balaban J connectivity index is 1.62. The fraction of sp³-hybridized carbons (Fsp3) is 0.500. The predicted molar refractivity (Wildman–Crippen MR) is 96.2 cm³/mol. The van der Waals surface area contributed by atoms with E-state index in [1.54, 1.807) is 0 Å². The number of thioether (sulfide) groups is 1. The lowest BCUT2D eigenvalue weighted by Crippen LogP contribution is -2.39. The quantitative estimate of drug-likeness (QED) is 0.920. The van der Waals surface area contributed by atoms with Gasteiger partial charge in [0.2, 0.25) is 5.91 Å². The number of hydrogen-bond donors (Lipinski definition) is 1. The Kier molecular flexibility index (Phi) is 4.69. The molecule has 3 rings (SSSR count). The van der Waals surface area contributed by atoms with E-state index in [2.05, 4.69) is 44.3 Å². The summed E-state index contributed by atoms with van der Waals surface area (Å²) in [5.41, 5.74) is 5.27. The van der Waals surface area contributed by atoms with Crippen molar-refractivity contribution in [2.24, 2.45) is 0 Å². The van der Waals surface area contributed by atoms with Gasteiger partial charge in [-0.1, -0.05) is 36.9 Å². The van der Waals surface area contributed by atoms with Crippen molar-refractivity contribution in [1.82, 2.24) is 15.1 Å². The summed E-state index contributed by atoms with van der Waals surface area (Å²) in [6, 6.07) is 6.48. The van der Waals surface area contributed by atoms with Gasteiger partial charge in [-0.05, 0) is 44.1 Å². The van der Waals surface area contributed by atoms with Gasteiger partial charge in [0, 0.05) is 10.6 Å². The second-order valence-electron chi connectivity index (χ2n) is 6.41. The highest BCUT2D eigenvalue weighted by molar-refractivity contribution is 8.03. The molecule has 2 heterocycles. The summed E-state index contributed by atoms with van der Waals surface area (Å²) in [5.74, 6) is 0.217. The van der Waals surface area contributed by atoms with E-state index in [0.29, 0.717) is 6.54 Å². The molecule has 4 nitrogen and oxygen atoms in total. The average molecular weight is 331 g/mol. The maximum absolute atomic E-state index is 12.3. The van der Waals surface area contributed by atoms with Gasteiger partial charge in [0.05, 0.1) is 19.6 Å². The fourth-order valence-corrected chi connectivity index (χ4v) is 4.35. The minimum absolute atomic E-state index is 0.217. The lowest BCUT2D eigenvalue weighted by atomic mass is 10.0. The highest BCUT2D eigenvalue weighted by atomic mass is 32.2. The zero-order valence-electron chi connectivity index (χ0n) is 14.3. The summed E-state index contributed by atoms with van der Waals surface area (Å²) in [7, 11) is 1.98. The van der Waals surface area contributed by atoms with Gasteiger partial charge in [0.15, 0.2) is 0 Å². The topological polar surface area (TPSA) is 35.6 Å². The van der Waals surface area contributed by atoms with Crippen molar-refractivity contribution in [3.05, 3.63) is 45.5 Å². The number of aryl methyl sites for hydroxylation is 1. The van der Waals surface area contributed by atoms with Crippen LogP contribution in [0.3, 0.4) is 0 Å². The normalized spacial score (nSPS) is 20.2. The summed E-state index contributed by atoms with van der Waals surface area (Å²) in [5, 5.41) is 3.91. The summed E-state index contributed by atoms with van der Waals surface area (Å²) in [6.07, 6.45) is 0. The van der Waals surface area contributed by atoms with Crippen molar-refractivity contribution >= 4 is 17.7 Å². The van der Waals surface area contributed by atoms with Gasteiger partial charge < -0.3 is 10.2 Å². The Hall–Kier alpha value is -1.46. The number of carbonyl (C=O) groups excluding carboxylic acids is 1. The molecule has 1 atom stereocenters. The molecule has 2 aliphatic heterocycles. The number of benzene rings is 1. The molecule has 23 heavy (non-hydrogen) atoms. The van der Waals surface area contributed by atoms with Crippen LogP contribution in [0.15, 0.2) is 28.8 Å². The molecule has 2 aliphatic rings. The highest BCUT2D eigenvalue weighted by Gasteiger charge is 2.34. The third-order valence-corrected chi connectivity index (χ3v) is 6.08. The molecule has 0 saturated carbocycles. The van der Waals surface area contributed by atoms with Gasteiger partial charge in [-0.3, -0.25) is 9.69 Å². The van der Waals surface area contributed by atoms with Gasteiger partial charge in [-0.2, -0.15) is 0 Å². The maximum Gasteiger partial charge on any atom is 0.237 e. The van der Waals surface area contributed by atoms with Crippen LogP contribution in [0.25, 0.3) is 0 Å². The first-order valence-electron chi connectivity index (χ1n) is 8.17. The van der Waals surface area contributed by atoms with E-state index in [1.165, 1.54) is 27.3 Å². The molecule has 0 radical (unpaired) electrons. The van der Waals surface area contributed by atoms with Gasteiger partial charge in [-0.25, -0.2) is 0 Å². The number of nitrogens with one attached hydrogen (secondary N) is 1. The first kappa shape index (κ1) is 16.4. The van der Waals surface area contributed by atoms with E-state index in [9.17, 15) is 4.79 Å². The van der Waals surface area contributed by atoms with E-state index in [1.807, 2.05) is 28.6 Å². The van der Waals surface area contributed by atoms with Crippen LogP contribution in [0.4, 0.5) is 0 Å². The molecule has 0 aromatic heterocycles. The summed E-state index contributed by atoms with van der Waals surface area (Å²) in [6.45, 7) is 9.29. The lowest BCUT2D eigenvalue weighted by Gasteiger charge is -2.24. The Morgan fingerprint density at radius 2 is 2.17 bits per heavy atom. The Morgan fingerprint density at radius 1 is 1.39 bits per heavy atom. The van der Waals surface area contributed by atoms with Gasteiger partial charge >= 0.3 is 0 Å². The maximum atomic E-state index is 12.3. The molecule has 0 spiro atoms. The van der Waals surface area contributed by atoms with Crippen molar-refractivity contribution in [3.63, 3.8) is 0 Å². The molecule has 0 aliphatic carbocycles. The fourth-order valence-electron chi connectivity index (χ4n) is 2.99. The van der Waals surface area contributed by atoms with E-state index < -0.39 is 0 Å². The van der Waals surface area contributed by atoms with Crippen LogP contribution in [0.1, 0.15) is 29.0 Å². The second-order valence-corrected chi connectivity index (χ2v) is 7.61. The van der Waals surface area contributed by atoms with E-state index in [4.69, 9.17) is 0 Å². The van der Waals surface area contributed by atoms with E-state index >= 15 is 0 Å². The first-order chi connectivity index (χ1) is 11.0. The smallest absolute Gasteiger partial charge is 0.237 e. The number of likely N-dealkylation sites (N-methyl/N-ethyl adjacent to an activating group) is 1. The summed E-state index contributed by atoms with van der Waals surface area (Å²) in [4.78, 5) is 17.6. The van der Waals surface area contributed by atoms with Crippen LogP contribution in [0.5, 0.6) is 0 Å². The van der Waals surface area contributed by atoms with Gasteiger partial charge in [-0.15, -0.1) is 0 Å². The summed E-state index contributed by atoms with van der Waals surface area (Å²) < 4.78 is 0. The Bertz CT molecular complexity index is 638. The Morgan fingerprint density at radius 3 is 2.87 bits per heavy atom. The molecule has 5 heteroatoms. The van der Waals surface area contributed by atoms with Crippen LogP contribution >= 0.6 is 11.8 Å². The largest absolute Gasteiger partial charge is 0.370 e. The zero-order chi connectivity index (χ0) is 16.6. The van der Waals surface area contributed by atoms with Gasteiger partial charge in [0.25, 0.3) is 0 Å². The molecule has 1 unspecified atom stereocenters. The first-order valence-corrected chi connectivity index (χ1v) is 9.05. The van der Waals surface area contributed by atoms with Crippen molar-refractivity contribution in [3.8, 4) is 0 Å². The summed E-state index contributed by atoms with van der Waals surface area (Å²) >= 11 is 1.86. The molecule has 1 N–H and O–H groups in total. The van der Waals surface area contributed by atoms with Crippen LogP contribution < -0.4 is 5.32 Å². The molecule has 0 bridgehead atoms. The average Bonchev–Trinajstić information content (AvgIpc) is 3.08. The molecule has 1 aromatic carbocycles. The third kappa shape index (κ3) is 3.26. The number of amides is 1. The van der Waals surface area contributed by atoms with Crippen LogP contribution in [-0.4, -0.2) is 48.9 Å². The SMILES string of the molecule is CCN(C)CC(=O)N1CC2=C(C1)SC(c1cccc(C)c1C)N2. The van der Waals surface area contributed by atoms with Crippen molar-refractivity contribution in [2.45, 2.75) is 26.1 Å². The van der Waals surface area contributed by atoms with Crippen molar-refractivity contribution in [2.75, 3.05) is 33.2 Å². The molecule has 0 fully saturated rings.